The number of amides is 3. The summed E-state index contributed by atoms with van der Waals surface area (Å²) in [5.74, 6) is -0.500. The van der Waals surface area contributed by atoms with Crippen LogP contribution in [0.2, 0.25) is 10.3 Å². The molecule has 0 bridgehead atoms. The molecule has 1 aromatic heterocycles. The number of nitrogens with zero attached hydrogens (tertiary/aromatic N) is 2. The average Bonchev–Trinajstić information content (AvgIpc) is 2.72. The zero-order chi connectivity index (χ0) is 22.0. The molecule has 0 radical (unpaired) electrons. The number of carbonyl (C=O) groups is 2. The molecular formula is C21H22Cl2FN5O2. The summed E-state index contributed by atoms with van der Waals surface area (Å²) in [5.41, 5.74) is 0.987. The number of benzene rings is 1. The molecule has 10 heteroatoms. The van der Waals surface area contributed by atoms with Crippen molar-refractivity contribution in [3.05, 3.63) is 52.5 Å². The smallest absolute Gasteiger partial charge is 0.319 e. The molecule has 2 aliphatic rings. The molecule has 3 N–H and O–H groups in total. The van der Waals surface area contributed by atoms with Gasteiger partial charge in [0, 0.05) is 17.4 Å². The molecule has 7 nitrogen and oxygen atoms in total. The molecule has 4 rings (SSSR count). The van der Waals surface area contributed by atoms with E-state index in [1.165, 1.54) is 24.3 Å². The number of rotatable bonds is 4. The van der Waals surface area contributed by atoms with E-state index in [0.717, 1.165) is 25.7 Å². The third-order valence-corrected chi connectivity index (χ3v) is 6.01. The van der Waals surface area contributed by atoms with Gasteiger partial charge in [-0.1, -0.05) is 36.0 Å². The number of pyridine rings is 1. The molecule has 2 fully saturated rings. The lowest BCUT2D eigenvalue weighted by Crippen LogP contribution is -2.66. The number of hydrogen-bond donors (Lipinski definition) is 3. The SMILES string of the molecule is O=C(NCC1NC2CCCCC2C(=O)N1c1ccc(F)cc1)Nc1cc(Cl)nc(Cl)c1. The molecule has 1 aliphatic heterocycles. The minimum Gasteiger partial charge on any atom is -0.334 e. The van der Waals surface area contributed by atoms with E-state index < -0.39 is 12.2 Å². The molecule has 0 spiro atoms. The molecule has 3 unspecified atom stereocenters. The third-order valence-electron chi connectivity index (χ3n) is 5.62. The van der Waals surface area contributed by atoms with E-state index in [0.29, 0.717) is 11.4 Å². The number of halogens is 3. The maximum Gasteiger partial charge on any atom is 0.319 e. The highest BCUT2D eigenvalue weighted by Crippen LogP contribution is 2.33. The summed E-state index contributed by atoms with van der Waals surface area (Å²) < 4.78 is 13.4. The number of anilines is 2. The van der Waals surface area contributed by atoms with Crippen molar-refractivity contribution in [3.63, 3.8) is 0 Å². The Hall–Kier alpha value is -2.42. The van der Waals surface area contributed by atoms with Crippen LogP contribution < -0.4 is 20.9 Å². The van der Waals surface area contributed by atoms with Crippen molar-refractivity contribution in [1.82, 2.24) is 15.6 Å². The van der Waals surface area contributed by atoms with Crippen LogP contribution in [0.4, 0.5) is 20.6 Å². The van der Waals surface area contributed by atoms with Crippen molar-refractivity contribution in [1.29, 1.82) is 0 Å². The molecule has 1 saturated carbocycles. The second-order valence-corrected chi connectivity index (χ2v) is 8.48. The van der Waals surface area contributed by atoms with Gasteiger partial charge in [0.05, 0.1) is 12.5 Å². The number of urea groups is 1. The van der Waals surface area contributed by atoms with Crippen LogP contribution in [0.15, 0.2) is 36.4 Å². The van der Waals surface area contributed by atoms with Crippen molar-refractivity contribution < 1.29 is 14.0 Å². The summed E-state index contributed by atoms with van der Waals surface area (Å²) in [6, 6.07) is 8.34. The number of carbonyl (C=O) groups excluding carboxylic acids is 2. The molecule has 2 aromatic rings. The number of aromatic nitrogens is 1. The summed E-state index contributed by atoms with van der Waals surface area (Å²) in [4.78, 5) is 31.2. The molecule has 1 aromatic carbocycles. The van der Waals surface area contributed by atoms with Gasteiger partial charge >= 0.3 is 6.03 Å². The second-order valence-electron chi connectivity index (χ2n) is 7.70. The van der Waals surface area contributed by atoms with Crippen LogP contribution in [0.5, 0.6) is 0 Å². The Morgan fingerprint density at radius 1 is 1.16 bits per heavy atom. The van der Waals surface area contributed by atoms with E-state index in [2.05, 4.69) is 20.9 Å². The Bertz CT molecular complexity index is 954. The lowest BCUT2D eigenvalue weighted by Gasteiger charge is -2.46. The summed E-state index contributed by atoms with van der Waals surface area (Å²) in [6.07, 6.45) is 3.33. The van der Waals surface area contributed by atoms with Crippen molar-refractivity contribution >= 4 is 46.5 Å². The fourth-order valence-corrected chi connectivity index (χ4v) is 4.70. The standard InChI is InChI=1S/C21H22Cl2FN5O2/c22-17-9-13(10-18(23)28-17)26-21(31)25-11-19-27-16-4-2-1-3-15(16)20(30)29(19)14-7-5-12(24)6-8-14/h5-10,15-16,19,27H,1-4,11H2,(H2,25,26,28,31). The van der Waals surface area contributed by atoms with Crippen molar-refractivity contribution in [2.45, 2.75) is 37.9 Å². The zero-order valence-electron chi connectivity index (χ0n) is 16.6. The van der Waals surface area contributed by atoms with Gasteiger partial charge < -0.3 is 10.6 Å². The van der Waals surface area contributed by atoms with Gasteiger partial charge in [-0.25, -0.2) is 14.2 Å². The lowest BCUT2D eigenvalue weighted by molar-refractivity contribution is -0.127. The largest absolute Gasteiger partial charge is 0.334 e. The van der Waals surface area contributed by atoms with E-state index in [4.69, 9.17) is 23.2 Å². The summed E-state index contributed by atoms with van der Waals surface area (Å²) >= 11 is 11.7. The van der Waals surface area contributed by atoms with Gasteiger partial charge in [-0.05, 0) is 49.2 Å². The summed E-state index contributed by atoms with van der Waals surface area (Å²) in [5, 5.41) is 9.26. The van der Waals surface area contributed by atoms with Gasteiger partial charge in [-0.15, -0.1) is 0 Å². The Balaban J connectivity index is 1.48. The number of fused-ring (bicyclic) bond motifs is 1. The van der Waals surface area contributed by atoms with Crippen molar-refractivity contribution in [2.75, 3.05) is 16.8 Å². The van der Waals surface area contributed by atoms with Crippen molar-refractivity contribution in [2.24, 2.45) is 5.92 Å². The van der Waals surface area contributed by atoms with Gasteiger partial charge in [0.2, 0.25) is 5.91 Å². The van der Waals surface area contributed by atoms with E-state index in [1.54, 1.807) is 17.0 Å². The van der Waals surface area contributed by atoms with Crippen LogP contribution >= 0.6 is 23.2 Å². The molecule has 1 saturated heterocycles. The monoisotopic (exact) mass is 465 g/mol. The highest BCUT2D eigenvalue weighted by molar-refractivity contribution is 6.33. The van der Waals surface area contributed by atoms with Crippen LogP contribution in [-0.2, 0) is 4.79 Å². The van der Waals surface area contributed by atoms with E-state index in [1.807, 2.05) is 0 Å². The fourth-order valence-electron chi connectivity index (χ4n) is 4.24. The maximum atomic E-state index is 13.4. The first kappa shape index (κ1) is 21.8. The van der Waals surface area contributed by atoms with Gasteiger partial charge in [-0.2, -0.15) is 0 Å². The molecule has 31 heavy (non-hydrogen) atoms. The molecule has 3 atom stereocenters. The van der Waals surface area contributed by atoms with Gasteiger partial charge in [0.25, 0.3) is 0 Å². The topological polar surface area (TPSA) is 86.4 Å². The molecule has 1 aliphatic carbocycles. The molecule has 2 heterocycles. The molecule has 3 amide bonds. The third kappa shape index (κ3) is 5.08. The zero-order valence-corrected chi connectivity index (χ0v) is 18.1. The van der Waals surface area contributed by atoms with Crippen LogP contribution in [0, 0.1) is 11.7 Å². The van der Waals surface area contributed by atoms with Gasteiger partial charge in [0.1, 0.15) is 22.3 Å². The quantitative estimate of drug-likeness (QED) is 0.591. The van der Waals surface area contributed by atoms with Gasteiger partial charge in [0.15, 0.2) is 0 Å². The first-order valence-corrected chi connectivity index (χ1v) is 10.9. The van der Waals surface area contributed by atoms with Crippen LogP contribution in [0.3, 0.4) is 0 Å². The molecule has 164 valence electrons. The van der Waals surface area contributed by atoms with E-state index >= 15 is 0 Å². The van der Waals surface area contributed by atoms with Crippen LogP contribution in [0.25, 0.3) is 0 Å². The van der Waals surface area contributed by atoms with E-state index in [9.17, 15) is 14.0 Å². The number of hydrogen-bond acceptors (Lipinski definition) is 4. The van der Waals surface area contributed by atoms with Crippen molar-refractivity contribution in [3.8, 4) is 0 Å². The first-order valence-electron chi connectivity index (χ1n) is 10.1. The Morgan fingerprint density at radius 3 is 2.55 bits per heavy atom. The summed E-state index contributed by atoms with van der Waals surface area (Å²) in [6.45, 7) is 0.157. The van der Waals surface area contributed by atoms with Gasteiger partial charge in [-0.3, -0.25) is 15.0 Å². The molecular weight excluding hydrogens is 444 g/mol. The maximum absolute atomic E-state index is 13.4. The Labute approximate surface area is 189 Å². The summed E-state index contributed by atoms with van der Waals surface area (Å²) in [7, 11) is 0. The van der Waals surface area contributed by atoms with E-state index in [-0.39, 0.29) is 40.5 Å². The number of nitrogens with one attached hydrogen (secondary N) is 3. The Kier molecular flexibility index (Phi) is 6.60. The normalized spacial score (nSPS) is 23.3. The predicted molar refractivity (Wildman–Crippen MR) is 118 cm³/mol. The minimum absolute atomic E-state index is 0.00466. The average molecular weight is 466 g/mol. The highest BCUT2D eigenvalue weighted by atomic mass is 35.5. The fraction of sp³-hybridized carbons (Fsp3) is 0.381. The first-order chi connectivity index (χ1) is 14.9. The highest BCUT2D eigenvalue weighted by Gasteiger charge is 2.43. The van der Waals surface area contributed by atoms with Crippen LogP contribution in [-0.4, -0.2) is 35.7 Å². The second kappa shape index (κ2) is 9.38. The van der Waals surface area contributed by atoms with Crippen LogP contribution in [0.1, 0.15) is 25.7 Å². The lowest BCUT2D eigenvalue weighted by atomic mass is 9.81. The Morgan fingerprint density at radius 2 is 1.84 bits per heavy atom. The minimum atomic E-state index is -0.475. The predicted octanol–water partition coefficient (Wildman–Crippen LogP) is 4.17.